The van der Waals surface area contributed by atoms with Crippen molar-refractivity contribution in [1.29, 1.82) is 0 Å². The topological polar surface area (TPSA) is 104 Å². The molecule has 0 spiro atoms. The Hall–Kier alpha value is -2.00. The molecule has 0 aromatic carbocycles. The number of nitrogens with zero attached hydrogens (tertiary/aromatic N) is 1. The molecule has 2 aromatic heterocycles. The van der Waals surface area contributed by atoms with Crippen LogP contribution in [0.3, 0.4) is 0 Å². The Bertz CT molecular complexity index is 879. The highest BCUT2D eigenvalue weighted by atomic mass is 32.1. The molecule has 2 aromatic rings. The van der Waals surface area contributed by atoms with Gasteiger partial charge >= 0.3 is 5.97 Å². The maximum atomic E-state index is 12.5. The number of aromatic nitrogens is 2. The molecule has 0 bridgehead atoms. The van der Waals surface area contributed by atoms with E-state index in [-0.39, 0.29) is 20.9 Å². The predicted molar refractivity (Wildman–Crippen MR) is 91.5 cm³/mol. The molecule has 3 N–H and O–H groups in total. The SMILES string of the molecule is CCCCCC(=O)Nn1c(=S)[nH]c2sc(C(=O)O)c(C)c2c1=O. The van der Waals surface area contributed by atoms with Gasteiger partial charge in [-0.25, -0.2) is 4.79 Å². The summed E-state index contributed by atoms with van der Waals surface area (Å²) in [6.07, 6.45) is 2.96. The molecule has 23 heavy (non-hydrogen) atoms. The molecule has 2 rings (SSSR count). The molecule has 0 aliphatic rings. The Morgan fingerprint density at radius 1 is 1.39 bits per heavy atom. The maximum Gasteiger partial charge on any atom is 0.346 e. The maximum absolute atomic E-state index is 12.5. The summed E-state index contributed by atoms with van der Waals surface area (Å²) in [6.45, 7) is 3.60. The molecule has 124 valence electrons. The summed E-state index contributed by atoms with van der Waals surface area (Å²) in [4.78, 5) is 38.9. The van der Waals surface area contributed by atoms with Crippen LogP contribution in [0.1, 0.15) is 47.8 Å². The van der Waals surface area contributed by atoms with Gasteiger partial charge in [-0.2, -0.15) is 4.68 Å². The summed E-state index contributed by atoms with van der Waals surface area (Å²) >= 11 is 6.05. The van der Waals surface area contributed by atoms with Gasteiger partial charge in [0.15, 0.2) is 0 Å². The molecule has 0 saturated carbocycles. The molecule has 0 saturated heterocycles. The van der Waals surface area contributed by atoms with Crippen molar-refractivity contribution in [2.75, 3.05) is 5.43 Å². The molecule has 2 heterocycles. The van der Waals surface area contributed by atoms with Gasteiger partial charge in [0.1, 0.15) is 9.71 Å². The summed E-state index contributed by atoms with van der Waals surface area (Å²) in [5.74, 6) is -1.40. The van der Waals surface area contributed by atoms with Crippen LogP contribution in [0.15, 0.2) is 4.79 Å². The largest absolute Gasteiger partial charge is 0.477 e. The smallest absolute Gasteiger partial charge is 0.346 e. The van der Waals surface area contributed by atoms with Crippen LogP contribution in [0.5, 0.6) is 0 Å². The summed E-state index contributed by atoms with van der Waals surface area (Å²) in [5.41, 5.74) is 2.33. The Morgan fingerprint density at radius 3 is 2.70 bits per heavy atom. The number of hydrogen-bond acceptors (Lipinski definition) is 5. The first-order valence-corrected chi connectivity index (χ1v) is 8.40. The number of fused-ring (bicyclic) bond motifs is 1. The van der Waals surface area contributed by atoms with E-state index in [1.807, 2.05) is 6.92 Å². The Balaban J connectivity index is 2.44. The fraction of sp³-hybridized carbons (Fsp3) is 0.429. The average molecular weight is 355 g/mol. The fourth-order valence-corrected chi connectivity index (χ4v) is 3.57. The number of nitrogens with one attached hydrogen (secondary N) is 2. The lowest BCUT2D eigenvalue weighted by Crippen LogP contribution is -2.34. The van der Waals surface area contributed by atoms with Gasteiger partial charge in [-0.1, -0.05) is 19.8 Å². The fourth-order valence-electron chi connectivity index (χ4n) is 2.24. The van der Waals surface area contributed by atoms with E-state index in [0.717, 1.165) is 35.3 Å². The van der Waals surface area contributed by atoms with Gasteiger partial charge in [-0.15, -0.1) is 11.3 Å². The average Bonchev–Trinajstić information content (AvgIpc) is 2.80. The van der Waals surface area contributed by atoms with Gasteiger partial charge in [0.05, 0.1) is 5.39 Å². The number of aromatic amines is 1. The van der Waals surface area contributed by atoms with Crippen LogP contribution in [0, 0.1) is 11.7 Å². The molecular weight excluding hydrogens is 338 g/mol. The molecule has 0 unspecified atom stereocenters. The van der Waals surface area contributed by atoms with Crippen LogP contribution in [0.25, 0.3) is 10.2 Å². The number of thiophene rings is 1. The van der Waals surface area contributed by atoms with Crippen molar-refractivity contribution < 1.29 is 14.7 Å². The number of amides is 1. The van der Waals surface area contributed by atoms with Crippen molar-refractivity contribution in [3.05, 3.63) is 25.6 Å². The molecule has 0 fully saturated rings. The second-order valence-electron chi connectivity index (χ2n) is 5.13. The van der Waals surface area contributed by atoms with Crippen LogP contribution in [0.2, 0.25) is 0 Å². The number of carbonyl (C=O) groups is 2. The number of carboxylic acids is 1. The third-order valence-corrected chi connectivity index (χ3v) is 4.91. The van der Waals surface area contributed by atoms with Crippen LogP contribution in [0.4, 0.5) is 0 Å². The second-order valence-corrected chi connectivity index (χ2v) is 6.54. The van der Waals surface area contributed by atoms with Crippen LogP contribution in [-0.4, -0.2) is 26.6 Å². The third-order valence-electron chi connectivity index (χ3n) is 3.43. The summed E-state index contributed by atoms with van der Waals surface area (Å²) < 4.78 is 1.00. The quantitative estimate of drug-likeness (QED) is 0.546. The first-order valence-electron chi connectivity index (χ1n) is 7.18. The van der Waals surface area contributed by atoms with E-state index in [2.05, 4.69) is 10.4 Å². The third kappa shape index (κ3) is 3.50. The van der Waals surface area contributed by atoms with E-state index in [4.69, 9.17) is 17.3 Å². The summed E-state index contributed by atoms with van der Waals surface area (Å²) in [7, 11) is 0. The number of aryl methyl sites for hydroxylation is 1. The van der Waals surface area contributed by atoms with E-state index in [1.54, 1.807) is 6.92 Å². The highest BCUT2D eigenvalue weighted by Crippen LogP contribution is 2.26. The molecule has 0 radical (unpaired) electrons. The van der Waals surface area contributed by atoms with E-state index >= 15 is 0 Å². The first-order chi connectivity index (χ1) is 10.9. The van der Waals surface area contributed by atoms with Gasteiger partial charge in [-0.05, 0) is 31.1 Å². The Kier molecular flexibility index (Phi) is 5.32. The molecule has 0 atom stereocenters. The monoisotopic (exact) mass is 355 g/mol. The Labute approximate surface area is 140 Å². The summed E-state index contributed by atoms with van der Waals surface area (Å²) in [6, 6.07) is 0. The lowest BCUT2D eigenvalue weighted by molar-refractivity contribution is -0.117. The number of hydrogen-bond donors (Lipinski definition) is 3. The summed E-state index contributed by atoms with van der Waals surface area (Å²) in [5, 5.41) is 9.39. The van der Waals surface area contributed by atoms with Crippen LogP contribution >= 0.6 is 23.6 Å². The molecule has 9 heteroatoms. The zero-order valence-corrected chi connectivity index (χ0v) is 14.4. The number of aromatic carboxylic acids is 1. The van der Waals surface area contributed by atoms with Gasteiger partial charge in [0, 0.05) is 6.42 Å². The van der Waals surface area contributed by atoms with Gasteiger partial charge in [-0.3, -0.25) is 15.0 Å². The molecular formula is C14H17N3O4S2. The number of carboxylic acid groups (broad SMARTS) is 1. The van der Waals surface area contributed by atoms with Gasteiger partial charge in [0.2, 0.25) is 10.7 Å². The minimum atomic E-state index is -1.10. The first kappa shape index (κ1) is 17.4. The van der Waals surface area contributed by atoms with Crippen molar-refractivity contribution in [2.24, 2.45) is 0 Å². The Morgan fingerprint density at radius 2 is 2.09 bits per heavy atom. The predicted octanol–water partition coefficient (Wildman–Crippen LogP) is 2.78. The number of unbranched alkanes of at least 4 members (excludes halogenated alkanes) is 2. The molecule has 0 aliphatic heterocycles. The number of carbonyl (C=O) groups excluding carboxylic acids is 1. The van der Waals surface area contributed by atoms with E-state index in [0.29, 0.717) is 16.8 Å². The van der Waals surface area contributed by atoms with Crippen molar-refractivity contribution in [3.8, 4) is 0 Å². The normalized spacial score (nSPS) is 10.9. The number of H-pyrrole nitrogens is 1. The lowest BCUT2D eigenvalue weighted by Gasteiger charge is -2.08. The van der Waals surface area contributed by atoms with Crippen molar-refractivity contribution in [3.63, 3.8) is 0 Å². The van der Waals surface area contributed by atoms with E-state index in [1.165, 1.54) is 0 Å². The van der Waals surface area contributed by atoms with Crippen molar-refractivity contribution in [1.82, 2.24) is 9.66 Å². The van der Waals surface area contributed by atoms with E-state index < -0.39 is 11.5 Å². The van der Waals surface area contributed by atoms with Crippen molar-refractivity contribution >= 4 is 45.6 Å². The second kappa shape index (κ2) is 7.05. The van der Waals surface area contributed by atoms with E-state index in [9.17, 15) is 14.4 Å². The molecule has 7 nitrogen and oxygen atoms in total. The highest BCUT2D eigenvalue weighted by Gasteiger charge is 2.19. The lowest BCUT2D eigenvalue weighted by atomic mass is 10.2. The molecule has 1 amide bonds. The minimum absolute atomic E-state index is 0.0320. The van der Waals surface area contributed by atoms with Gasteiger partial charge in [0.25, 0.3) is 5.56 Å². The highest BCUT2D eigenvalue weighted by molar-refractivity contribution is 7.71. The molecule has 0 aliphatic carbocycles. The van der Waals surface area contributed by atoms with Crippen LogP contribution < -0.4 is 11.0 Å². The van der Waals surface area contributed by atoms with Gasteiger partial charge < -0.3 is 10.1 Å². The number of rotatable bonds is 6. The minimum Gasteiger partial charge on any atom is -0.477 e. The zero-order valence-electron chi connectivity index (χ0n) is 12.8. The van der Waals surface area contributed by atoms with Crippen molar-refractivity contribution in [2.45, 2.75) is 39.5 Å². The zero-order chi connectivity index (χ0) is 17.1. The van der Waals surface area contributed by atoms with Crippen LogP contribution in [-0.2, 0) is 4.79 Å². The standard InChI is InChI=1S/C14H17N3O4S2/c1-3-4-5-6-8(18)16-17-12(19)9-7(2)10(13(20)21)23-11(9)15-14(17)22/h3-6H2,1-2H3,(H,15,22)(H,16,18)(H,20,21).